The summed E-state index contributed by atoms with van der Waals surface area (Å²) >= 11 is 0. The highest BCUT2D eigenvalue weighted by molar-refractivity contribution is 5.79. The third kappa shape index (κ3) is 2.59. The summed E-state index contributed by atoms with van der Waals surface area (Å²) in [5, 5.41) is 0. The molecule has 0 aromatic rings. The Morgan fingerprint density at radius 2 is 1.81 bits per heavy atom. The first-order valence-corrected chi connectivity index (χ1v) is 11.0. The normalized spacial score (nSPS) is 50.5. The highest BCUT2D eigenvalue weighted by Gasteiger charge is 2.62. The zero-order chi connectivity index (χ0) is 18.7. The van der Waals surface area contributed by atoms with Gasteiger partial charge in [0.05, 0.1) is 0 Å². The van der Waals surface area contributed by atoms with Crippen LogP contribution in [0, 0.1) is 40.4 Å². The Bertz CT molecular complexity index is 598. The van der Waals surface area contributed by atoms with Crippen molar-refractivity contribution in [1.29, 1.82) is 0 Å². The van der Waals surface area contributed by atoms with E-state index in [0.717, 1.165) is 37.5 Å². The summed E-state index contributed by atoms with van der Waals surface area (Å²) in [5.74, 6) is 3.89. The molecule has 0 aromatic carbocycles. The van der Waals surface area contributed by atoms with Crippen LogP contribution in [0.2, 0.25) is 0 Å². The Kier molecular flexibility index (Phi) is 4.51. The molecule has 0 spiro atoms. The van der Waals surface area contributed by atoms with Gasteiger partial charge in [0, 0.05) is 24.7 Å². The van der Waals surface area contributed by atoms with E-state index < -0.39 is 0 Å². The van der Waals surface area contributed by atoms with Crippen LogP contribution in [0.15, 0.2) is 0 Å². The molecular formula is C23H36O3. The van der Waals surface area contributed by atoms with Crippen molar-refractivity contribution in [3.63, 3.8) is 0 Å². The second-order valence-corrected chi connectivity index (χ2v) is 10.4. The molecule has 0 unspecified atom stereocenters. The summed E-state index contributed by atoms with van der Waals surface area (Å²) in [4.78, 5) is 24.1. The SMILES string of the molecule is CCC(=O)O[C@@H]1CC[C@H]2[C@@H]3C[C@H](C)[C@H]4CC(=O)CC[C@]4(C)[C@H]3CC[C@]12C. The molecule has 0 aromatic heterocycles. The smallest absolute Gasteiger partial charge is 0.305 e. The Labute approximate surface area is 158 Å². The summed E-state index contributed by atoms with van der Waals surface area (Å²) in [6.45, 7) is 9.19. The van der Waals surface area contributed by atoms with E-state index in [1.165, 1.54) is 25.7 Å². The van der Waals surface area contributed by atoms with Crippen molar-refractivity contribution in [3.8, 4) is 0 Å². The lowest BCUT2D eigenvalue weighted by Gasteiger charge is -2.61. The summed E-state index contributed by atoms with van der Waals surface area (Å²) in [6, 6.07) is 0. The van der Waals surface area contributed by atoms with E-state index in [9.17, 15) is 9.59 Å². The summed E-state index contributed by atoms with van der Waals surface area (Å²) in [6.07, 6.45) is 9.28. The maximum absolute atomic E-state index is 12.1. The van der Waals surface area contributed by atoms with Gasteiger partial charge in [-0.05, 0) is 73.5 Å². The fraction of sp³-hybridized carbons (Fsp3) is 0.913. The molecule has 3 nitrogen and oxygen atoms in total. The summed E-state index contributed by atoms with van der Waals surface area (Å²) < 4.78 is 5.90. The standard InChI is InChI=1S/C23H36O3/c1-5-21(25)26-20-7-6-17-16-12-14(2)19-13-15(24)8-10-22(19,3)18(16)9-11-23(17,20)4/h14,16-20H,5-13H2,1-4H3/t14-,16-,17-,18-,19+,20+,22+,23-/m0/s1. The number of ether oxygens (including phenoxy) is 1. The lowest BCUT2D eigenvalue weighted by atomic mass is 9.43. The average molecular weight is 361 g/mol. The van der Waals surface area contributed by atoms with E-state index in [2.05, 4.69) is 20.8 Å². The predicted octanol–water partition coefficient (Wildman–Crippen LogP) is 5.17. The van der Waals surface area contributed by atoms with Crippen LogP contribution in [0.25, 0.3) is 0 Å². The van der Waals surface area contributed by atoms with Gasteiger partial charge >= 0.3 is 5.97 Å². The van der Waals surface area contributed by atoms with Crippen LogP contribution in [0.3, 0.4) is 0 Å². The number of carbonyl (C=O) groups excluding carboxylic acids is 2. The van der Waals surface area contributed by atoms with E-state index >= 15 is 0 Å². The Balaban J connectivity index is 1.59. The summed E-state index contributed by atoms with van der Waals surface area (Å²) in [5.41, 5.74) is 0.509. The van der Waals surface area contributed by atoms with Crippen LogP contribution in [0.4, 0.5) is 0 Å². The monoisotopic (exact) mass is 360 g/mol. The van der Waals surface area contributed by atoms with Crippen molar-refractivity contribution in [1.82, 2.24) is 0 Å². The van der Waals surface area contributed by atoms with E-state index in [-0.39, 0.29) is 17.5 Å². The first-order chi connectivity index (χ1) is 12.3. The second-order valence-electron chi connectivity index (χ2n) is 10.4. The van der Waals surface area contributed by atoms with Crippen LogP contribution in [-0.4, -0.2) is 17.9 Å². The number of carbonyl (C=O) groups is 2. The maximum Gasteiger partial charge on any atom is 0.305 e. The number of hydrogen-bond acceptors (Lipinski definition) is 3. The first-order valence-electron chi connectivity index (χ1n) is 11.0. The number of Topliss-reactive ketones (excluding diaryl/α,β-unsaturated/α-hetero) is 1. The zero-order valence-corrected chi connectivity index (χ0v) is 17.1. The third-order valence-corrected chi connectivity index (χ3v) is 9.33. The Morgan fingerprint density at radius 3 is 2.54 bits per heavy atom. The molecule has 0 saturated heterocycles. The zero-order valence-electron chi connectivity index (χ0n) is 17.1. The molecule has 4 aliphatic rings. The minimum Gasteiger partial charge on any atom is -0.462 e. The van der Waals surface area contributed by atoms with Crippen molar-refractivity contribution >= 4 is 11.8 Å². The molecule has 0 bridgehead atoms. The molecule has 4 rings (SSSR count). The Morgan fingerprint density at radius 1 is 1.08 bits per heavy atom. The van der Waals surface area contributed by atoms with Gasteiger partial charge in [-0.3, -0.25) is 9.59 Å². The van der Waals surface area contributed by atoms with Gasteiger partial charge < -0.3 is 4.74 Å². The van der Waals surface area contributed by atoms with Crippen LogP contribution in [-0.2, 0) is 14.3 Å². The molecule has 146 valence electrons. The molecule has 4 aliphatic carbocycles. The molecule has 3 heteroatoms. The number of fused-ring (bicyclic) bond motifs is 5. The van der Waals surface area contributed by atoms with Crippen LogP contribution in [0.1, 0.15) is 85.5 Å². The predicted molar refractivity (Wildman–Crippen MR) is 101 cm³/mol. The van der Waals surface area contributed by atoms with E-state index in [1.54, 1.807) is 0 Å². The number of hydrogen-bond donors (Lipinski definition) is 0. The van der Waals surface area contributed by atoms with Gasteiger partial charge in [0.25, 0.3) is 0 Å². The molecule has 0 amide bonds. The minimum atomic E-state index is -0.0335. The van der Waals surface area contributed by atoms with Crippen molar-refractivity contribution in [2.45, 2.75) is 91.6 Å². The van der Waals surface area contributed by atoms with Crippen molar-refractivity contribution in [2.24, 2.45) is 40.4 Å². The van der Waals surface area contributed by atoms with Crippen molar-refractivity contribution < 1.29 is 14.3 Å². The van der Waals surface area contributed by atoms with E-state index in [1.807, 2.05) is 6.92 Å². The average Bonchev–Trinajstić information content (AvgIpc) is 2.93. The number of esters is 1. The van der Waals surface area contributed by atoms with E-state index in [0.29, 0.717) is 35.4 Å². The fourth-order valence-electron chi connectivity index (χ4n) is 7.90. The van der Waals surface area contributed by atoms with E-state index in [4.69, 9.17) is 4.74 Å². The lowest BCUT2D eigenvalue weighted by molar-refractivity contribution is -0.168. The van der Waals surface area contributed by atoms with Crippen LogP contribution in [0.5, 0.6) is 0 Å². The van der Waals surface area contributed by atoms with Crippen LogP contribution < -0.4 is 0 Å². The van der Waals surface area contributed by atoms with Gasteiger partial charge in [0.15, 0.2) is 0 Å². The molecule has 4 fully saturated rings. The molecule has 0 radical (unpaired) electrons. The largest absolute Gasteiger partial charge is 0.462 e. The molecule has 0 N–H and O–H groups in total. The fourth-order valence-corrected chi connectivity index (χ4v) is 7.90. The van der Waals surface area contributed by atoms with Crippen molar-refractivity contribution in [2.75, 3.05) is 0 Å². The van der Waals surface area contributed by atoms with Gasteiger partial charge in [-0.2, -0.15) is 0 Å². The molecule has 4 saturated carbocycles. The van der Waals surface area contributed by atoms with Gasteiger partial charge in [-0.1, -0.05) is 27.7 Å². The molecule has 26 heavy (non-hydrogen) atoms. The highest BCUT2D eigenvalue weighted by atomic mass is 16.5. The molecule has 0 heterocycles. The highest BCUT2D eigenvalue weighted by Crippen LogP contribution is 2.67. The minimum absolute atomic E-state index is 0.0335. The maximum atomic E-state index is 12.1. The topological polar surface area (TPSA) is 43.4 Å². The third-order valence-electron chi connectivity index (χ3n) is 9.33. The second kappa shape index (κ2) is 6.34. The van der Waals surface area contributed by atoms with Gasteiger partial charge in [0.1, 0.15) is 11.9 Å². The van der Waals surface area contributed by atoms with Crippen LogP contribution >= 0.6 is 0 Å². The van der Waals surface area contributed by atoms with Crippen molar-refractivity contribution in [3.05, 3.63) is 0 Å². The van der Waals surface area contributed by atoms with Gasteiger partial charge in [0.2, 0.25) is 0 Å². The first kappa shape index (κ1) is 18.5. The number of rotatable bonds is 2. The van der Waals surface area contributed by atoms with Gasteiger partial charge in [-0.15, -0.1) is 0 Å². The summed E-state index contributed by atoms with van der Waals surface area (Å²) in [7, 11) is 0. The molecular weight excluding hydrogens is 324 g/mol. The Hall–Kier alpha value is -0.860. The quantitative estimate of drug-likeness (QED) is 0.638. The molecule has 8 atom stereocenters. The lowest BCUT2D eigenvalue weighted by Crippen LogP contribution is -2.56. The van der Waals surface area contributed by atoms with Gasteiger partial charge in [-0.25, -0.2) is 0 Å². The number of ketones is 1. The molecule has 0 aliphatic heterocycles.